The number of carbonyl (C=O) groups is 2. The summed E-state index contributed by atoms with van der Waals surface area (Å²) in [6, 6.07) is 11.6. The summed E-state index contributed by atoms with van der Waals surface area (Å²) in [5.74, 6) is -2.73. The molecule has 1 fully saturated rings. The Morgan fingerprint density at radius 1 is 1.13 bits per heavy atom. The van der Waals surface area contributed by atoms with Crippen molar-refractivity contribution in [3.63, 3.8) is 0 Å². The number of rotatable bonds is 10. The van der Waals surface area contributed by atoms with Crippen molar-refractivity contribution in [2.24, 2.45) is 12.5 Å². The third-order valence-electron chi connectivity index (χ3n) is 7.24. The molecule has 4 aromatic rings. The lowest BCUT2D eigenvalue weighted by Gasteiger charge is -2.19. The Morgan fingerprint density at radius 3 is 2.44 bits per heavy atom. The predicted octanol–water partition coefficient (Wildman–Crippen LogP) is 7.73. The molecule has 1 aromatic heterocycles. The summed E-state index contributed by atoms with van der Waals surface area (Å²) < 4.78 is 88.1. The van der Waals surface area contributed by atoms with E-state index in [0.717, 1.165) is 10.5 Å². The van der Waals surface area contributed by atoms with Gasteiger partial charge in [0.25, 0.3) is 12.3 Å². The van der Waals surface area contributed by atoms with Crippen LogP contribution in [0, 0.1) is 11.2 Å². The maximum Gasteiger partial charge on any atom is 0.403 e. The van der Waals surface area contributed by atoms with Crippen molar-refractivity contribution in [1.29, 1.82) is 0 Å². The normalized spacial score (nSPS) is 14.0. The van der Waals surface area contributed by atoms with Gasteiger partial charge in [-0.15, -0.1) is 0 Å². The van der Waals surface area contributed by atoms with Crippen molar-refractivity contribution in [3.8, 4) is 5.75 Å². The third-order valence-corrected chi connectivity index (χ3v) is 8.08. The largest absolute Gasteiger partial charge is 0.487 e. The van der Waals surface area contributed by atoms with Crippen molar-refractivity contribution in [1.82, 2.24) is 14.9 Å². The van der Waals surface area contributed by atoms with E-state index in [0.29, 0.717) is 11.2 Å². The molecule has 0 radical (unpaired) electrons. The highest BCUT2D eigenvalue weighted by molar-refractivity contribution is 9.10. The Labute approximate surface area is 265 Å². The van der Waals surface area contributed by atoms with Crippen LogP contribution in [0.5, 0.6) is 5.75 Å². The third kappa shape index (κ3) is 6.83. The Kier molecular flexibility index (Phi) is 8.95. The number of nitrogens with one attached hydrogen (secondary N) is 3. The predicted molar refractivity (Wildman–Crippen MR) is 159 cm³/mol. The second-order valence-electron chi connectivity index (χ2n) is 10.3. The lowest BCUT2D eigenvalue weighted by molar-refractivity contribution is -0.192. The molecule has 1 saturated carbocycles. The van der Waals surface area contributed by atoms with E-state index in [1.165, 1.54) is 22.8 Å². The van der Waals surface area contributed by atoms with Gasteiger partial charge in [-0.25, -0.2) is 18.2 Å². The van der Waals surface area contributed by atoms with Gasteiger partial charge < -0.3 is 25.3 Å². The van der Waals surface area contributed by atoms with Crippen molar-refractivity contribution in [2.75, 3.05) is 17.2 Å². The van der Waals surface area contributed by atoms with E-state index in [1.807, 2.05) is 0 Å². The zero-order chi connectivity index (χ0) is 32.7. The number of alkyl halides is 5. The maximum absolute atomic E-state index is 14.7. The lowest BCUT2D eigenvalue weighted by Crippen LogP contribution is -2.41. The average Bonchev–Trinajstić information content (AvgIpc) is 3.75. The molecule has 0 atom stereocenters. The fraction of sp³-hybridized carbons (Fsp3) is 0.276. The fourth-order valence-corrected chi connectivity index (χ4v) is 5.03. The SMILES string of the molecule is Cn1c(Nc2cc(CNC(=O)C3(C(F)(F)F)CC3)c(F)cc2Cl)nc2cc(C(=O)Nc3ccc(Br)cc3)c(OCC(F)F)cc21. The van der Waals surface area contributed by atoms with Gasteiger partial charge in [0.05, 0.1) is 27.3 Å². The molecule has 0 saturated heterocycles. The summed E-state index contributed by atoms with van der Waals surface area (Å²) >= 11 is 9.54. The minimum Gasteiger partial charge on any atom is -0.487 e. The number of nitrogens with zero attached hydrogens (tertiary/aromatic N) is 2. The van der Waals surface area contributed by atoms with E-state index in [2.05, 4.69) is 36.9 Å². The van der Waals surface area contributed by atoms with Crippen LogP contribution in [-0.2, 0) is 18.4 Å². The number of fused-ring (bicyclic) bond motifs is 1. The number of amides is 2. The first-order chi connectivity index (χ1) is 21.2. The van der Waals surface area contributed by atoms with Crippen molar-refractivity contribution >= 4 is 67.7 Å². The average molecular weight is 719 g/mol. The number of hydrogen-bond acceptors (Lipinski definition) is 5. The fourth-order valence-electron chi connectivity index (χ4n) is 4.57. The smallest absolute Gasteiger partial charge is 0.403 e. The maximum atomic E-state index is 14.7. The molecule has 238 valence electrons. The van der Waals surface area contributed by atoms with Crippen LogP contribution in [-0.4, -0.2) is 40.6 Å². The van der Waals surface area contributed by atoms with Gasteiger partial charge >= 0.3 is 6.18 Å². The van der Waals surface area contributed by atoms with Gasteiger partial charge in [0.1, 0.15) is 23.6 Å². The molecule has 3 aromatic carbocycles. The highest BCUT2D eigenvalue weighted by atomic mass is 79.9. The summed E-state index contributed by atoms with van der Waals surface area (Å²) in [7, 11) is 1.57. The van der Waals surface area contributed by atoms with Crippen LogP contribution in [0.2, 0.25) is 5.02 Å². The van der Waals surface area contributed by atoms with Gasteiger partial charge in [0.2, 0.25) is 11.9 Å². The standard InChI is InChI=1S/C29H23BrClF6N5O3/c1-42-22-11-23(45-13-24(33)34)17(25(43)39-16-4-2-15(30)3-5-16)9-21(22)41-27(42)40-20-8-14(19(32)10-18(20)31)12-38-26(44)28(6-7-28)29(35,36)37/h2-5,8-11,24H,6-7,12-13H2,1H3,(H,38,44)(H,39,43)(H,40,41). The van der Waals surface area contributed by atoms with E-state index in [9.17, 15) is 35.9 Å². The van der Waals surface area contributed by atoms with Crippen LogP contribution in [0.1, 0.15) is 28.8 Å². The zero-order valence-corrected chi connectivity index (χ0v) is 25.5. The molecule has 3 N–H and O–H groups in total. The van der Waals surface area contributed by atoms with Crippen LogP contribution in [0.3, 0.4) is 0 Å². The first-order valence-electron chi connectivity index (χ1n) is 13.3. The molecule has 0 spiro atoms. The number of aromatic nitrogens is 2. The molecule has 0 unspecified atom stereocenters. The van der Waals surface area contributed by atoms with Crippen molar-refractivity contribution in [3.05, 3.63) is 75.0 Å². The summed E-state index contributed by atoms with van der Waals surface area (Å²) in [6.45, 7) is -1.50. The highest BCUT2D eigenvalue weighted by Crippen LogP contribution is 2.57. The first-order valence-corrected chi connectivity index (χ1v) is 14.4. The summed E-state index contributed by atoms with van der Waals surface area (Å²) in [5, 5.41) is 7.65. The van der Waals surface area contributed by atoms with Gasteiger partial charge in [-0.2, -0.15) is 13.2 Å². The summed E-state index contributed by atoms with van der Waals surface area (Å²) in [5.41, 5.74) is -1.49. The van der Waals surface area contributed by atoms with Gasteiger partial charge in [-0.3, -0.25) is 9.59 Å². The zero-order valence-electron chi connectivity index (χ0n) is 23.2. The van der Waals surface area contributed by atoms with Crippen LogP contribution in [0.15, 0.2) is 53.0 Å². The quantitative estimate of drug-likeness (QED) is 0.146. The molecule has 45 heavy (non-hydrogen) atoms. The first kappa shape index (κ1) is 32.4. The van der Waals surface area contributed by atoms with Gasteiger partial charge in [0, 0.05) is 35.4 Å². The Balaban J connectivity index is 1.42. The number of ether oxygens (including phenoxy) is 1. The van der Waals surface area contributed by atoms with E-state index in [-0.39, 0.29) is 51.9 Å². The van der Waals surface area contributed by atoms with Crippen LogP contribution in [0.4, 0.5) is 43.7 Å². The number of benzene rings is 3. The number of aryl methyl sites for hydroxylation is 1. The molecule has 5 rings (SSSR count). The van der Waals surface area contributed by atoms with Gasteiger partial charge in [-0.05, 0) is 55.3 Å². The molecular weight excluding hydrogens is 696 g/mol. The van der Waals surface area contributed by atoms with Crippen LogP contribution in [0.25, 0.3) is 11.0 Å². The van der Waals surface area contributed by atoms with E-state index >= 15 is 0 Å². The van der Waals surface area contributed by atoms with Crippen molar-refractivity contribution < 1.29 is 40.7 Å². The van der Waals surface area contributed by atoms with Crippen molar-refractivity contribution in [2.45, 2.75) is 32.0 Å². The molecule has 0 bridgehead atoms. The molecule has 1 aliphatic rings. The van der Waals surface area contributed by atoms with E-state index < -0.39 is 48.8 Å². The number of anilines is 3. The molecule has 2 amide bonds. The highest BCUT2D eigenvalue weighted by Gasteiger charge is 2.68. The van der Waals surface area contributed by atoms with Crippen LogP contribution < -0.4 is 20.7 Å². The topological polar surface area (TPSA) is 97.3 Å². The van der Waals surface area contributed by atoms with Crippen LogP contribution >= 0.6 is 27.5 Å². The molecule has 1 aliphatic carbocycles. The summed E-state index contributed by atoms with van der Waals surface area (Å²) in [6.07, 6.45) is -8.21. The lowest BCUT2D eigenvalue weighted by atomic mass is 10.1. The second-order valence-corrected chi connectivity index (χ2v) is 11.6. The minimum atomic E-state index is -4.72. The molecule has 8 nitrogen and oxygen atoms in total. The number of carbonyl (C=O) groups excluding carboxylic acids is 2. The van der Waals surface area contributed by atoms with E-state index in [4.69, 9.17) is 16.3 Å². The number of halogens is 8. The number of hydrogen-bond donors (Lipinski definition) is 3. The Hall–Kier alpha value is -3.98. The molecular formula is C29H23BrClF6N5O3. The molecule has 16 heteroatoms. The summed E-state index contributed by atoms with van der Waals surface area (Å²) in [4.78, 5) is 29.9. The number of imidazole rings is 1. The Morgan fingerprint density at radius 2 is 1.82 bits per heavy atom. The molecule has 1 heterocycles. The van der Waals surface area contributed by atoms with Gasteiger partial charge in [-0.1, -0.05) is 27.5 Å². The minimum absolute atomic E-state index is 0.0687. The van der Waals surface area contributed by atoms with Gasteiger partial charge in [0.15, 0.2) is 0 Å². The monoisotopic (exact) mass is 717 g/mol. The Bertz CT molecular complexity index is 1780. The van der Waals surface area contributed by atoms with E-state index in [1.54, 1.807) is 31.3 Å². The molecule has 0 aliphatic heterocycles. The second kappa shape index (κ2) is 12.4.